The van der Waals surface area contributed by atoms with Gasteiger partial charge in [0, 0.05) is 13.2 Å². The number of aromatic nitrogens is 2. The number of hydrogen-bond acceptors (Lipinski definition) is 3. The lowest BCUT2D eigenvalue weighted by atomic mass is 10.2. The Kier molecular flexibility index (Phi) is 4.05. The van der Waals surface area contributed by atoms with Crippen LogP contribution in [-0.4, -0.2) is 18.2 Å². The smallest absolute Gasteiger partial charge is 0.160 e. The first-order chi connectivity index (χ1) is 8.87. The number of benzene rings is 1. The van der Waals surface area contributed by atoms with Crippen molar-refractivity contribution in [2.45, 2.75) is 11.5 Å². The van der Waals surface area contributed by atoms with Crippen molar-refractivity contribution in [3.8, 4) is 0 Å². The van der Waals surface area contributed by atoms with Gasteiger partial charge in [0.25, 0.3) is 0 Å². The van der Waals surface area contributed by atoms with E-state index in [4.69, 9.17) is 0 Å². The minimum absolute atomic E-state index is 0.0848. The largest absolute Gasteiger partial charge is 0.272 e. The molecule has 0 unspecified atom stereocenters. The fraction of sp³-hybridized carbons (Fsp3) is 0.250. The summed E-state index contributed by atoms with van der Waals surface area (Å²) in [5.41, 5.74) is 1.18. The average molecular weight is 347 g/mol. The molecule has 0 aliphatic rings. The van der Waals surface area contributed by atoms with Gasteiger partial charge in [0.2, 0.25) is 0 Å². The van der Waals surface area contributed by atoms with E-state index >= 15 is 0 Å². The van der Waals surface area contributed by atoms with Crippen LogP contribution >= 0.6 is 15.9 Å². The number of halogens is 2. The third-order valence-corrected chi connectivity index (χ3v) is 4.78. The topological polar surface area (TPSA) is 52.0 Å². The highest BCUT2D eigenvalue weighted by Gasteiger charge is 2.16. The predicted octanol–water partition coefficient (Wildman–Crippen LogP) is 2.44. The molecule has 0 aliphatic heterocycles. The van der Waals surface area contributed by atoms with E-state index in [1.165, 1.54) is 22.9 Å². The number of nitrogens with zero attached hydrogens (tertiary/aromatic N) is 2. The van der Waals surface area contributed by atoms with Gasteiger partial charge in [0.05, 0.1) is 21.7 Å². The van der Waals surface area contributed by atoms with Crippen molar-refractivity contribution in [2.75, 3.05) is 0 Å². The van der Waals surface area contributed by atoms with Crippen molar-refractivity contribution in [1.82, 2.24) is 9.78 Å². The number of aryl methyl sites for hydroxylation is 1. The summed E-state index contributed by atoms with van der Waals surface area (Å²) in [4.78, 5) is 0. The normalized spacial score (nSPS) is 11.7. The summed E-state index contributed by atoms with van der Waals surface area (Å²) >= 11 is 3.04. The summed E-state index contributed by atoms with van der Waals surface area (Å²) in [6.45, 7) is 0. The van der Waals surface area contributed by atoms with Crippen LogP contribution in [0.2, 0.25) is 0 Å². The zero-order valence-electron chi connectivity index (χ0n) is 10.2. The molecule has 0 fully saturated rings. The van der Waals surface area contributed by atoms with Gasteiger partial charge in [0.15, 0.2) is 9.84 Å². The van der Waals surface area contributed by atoms with E-state index in [-0.39, 0.29) is 16.0 Å². The first kappa shape index (κ1) is 14.2. The van der Waals surface area contributed by atoms with Crippen LogP contribution in [0, 0.1) is 5.82 Å². The van der Waals surface area contributed by atoms with E-state index in [1.807, 2.05) is 0 Å². The van der Waals surface area contributed by atoms with Gasteiger partial charge in [-0.1, -0.05) is 6.07 Å². The maximum absolute atomic E-state index is 13.1. The summed E-state index contributed by atoms with van der Waals surface area (Å²) in [7, 11) is -1.62. The molecule has 0 atom stereocenters. The molecule has 102 valence electrons. The fourth-order valence-electron chi connectivity index (χ4n) is 1.70. The molecule has 4 nitrogen and oxygen atoms in total. The van der Waals surface area contributed by atoms with Gasteiger partial charge >= 0.3 is 0 Å². The Balaban J connectivity index is 2.17. The van der Waals surface area contributed by atoms with Gasteiger partial charge < -0.3 is 0 Å². The molecule has 0 spiro atoms. The summed E-state index contributed by atoms with van der Waals surface area (Å²) in [5, 5.41) is 3.93. The van der Waals surface area contributed by atoms with Gasteiger partial charge in [-0.15, -0.1) is 0 Å². The molecular formula is C12H12BrFN2O2S. The molecule has 7 heteroatoms. The highest BCUT2D eigenvalue weighted by Crippen LogP contribution is 2.19. The maximum Gasteiger partial charge on any atom is 0.160 e. The molecule has 2 rings (SSSR count). The molecule has 0 saturated heterocycles. The Labute approximate surface area is 119 Å². The Bertz CT molecular complexity index is 698. The lowest BCUT2D eigenvalue weighted by Gasteiger charge is -2.06. The molecule has 1 aromatic heterocycles. The van der Waals surface area contributed by atoms with Crippen LogP contribution < -0.4 is 0 Å². The molecule has 0 saturated carbocycles. The van der Waals surface area contributed by atoms with Gasteiger partial charge in [-0.25, -0.2) is 12.8 Å². The van der Waals surface area contributed by atoms with Crippen LogP contribution in [0.15, 0.2) is 34.9 Å². The molecule has 2 aromatic rings. The van der Waals surface area contributed by atoms with Gasteiger partial charge in [-0.3, -0.25) is 4.68 Å². The average Bonchev–Trinajstić information content (AvgIpc) is 2.68. The lowest BCUT2D eigenvalue weighted by molar-refractivity contribution is 0.590. The van der Waals surface area contributed by atoms with Crippen LogP contribution in [0.5, 0.6) is 0 Å². The Hall–Kier alpha value is -1.21. The Morgan fingerprint density at radius 3 is 2.63 bits per heavy atom. The van der Waals surface area contributed by atoms with Gasteiger partial charge in [-0.05, 0) is 39.7 Å². The first-order valence-electron chi connectivity index (χ1n) is 5.48. The third kappa shape index (κ3) is 3.63. The van der Waals surface area contributed by atoms with Crippen LogP contribution in [0.4, 0.5) is 4.39 Å². The van der Waals surface area contributed by atoms with E-state index < -0.39 is 15.7 Å². The number of hydrogen-bond donors (Lipinski definition) is 0. The van der Waals surface area contributed by atoms with Gasteiger partial charge in [0.1, 0.15) is 5.82 Å². The minimum Gasteiger partial charge on any atom is -0.272 e. The predicted molar refractivity (Wildman–Crippen MR) is 73.6 cm³/mol. The second-order valence-electron chi connectivity index (χ2n) is 4.23. The van der Waals surface area contributed by atoms with Crippen molar-refractivity contribution in [2.24, 2.45) is 7.05 Å². The highest BCUT2D eigenvalue weighted by molar-refractivity contribution is 9.10. The Morgan fingerprint density at radius 2 is 2.05 bits per heavy atom. The molecule has 0 aliphatic carbocycles. The van der Waals surface area contributed by atoms with Crippen molar-refractivity contribution in [3.63, 3.8) is 0 Å². The van der Waals surface area contributed by atoms with Crippen molar-refractivity contribution in [3.05, 3.63) is 52.0 Å². The summed E-state index contributed by atoms with van der Waals surface area (Å²) in [6.07, 6.45) is 1.55. The molecule has 0 bridgehead atoms. The second-order valence-corrected chi connectivity index (χ2v) is 7.15. The fourth-order valence-corrected chi connectivity index (χ4v) is 3.65. The third-order valence-electron chi connectivity index (χ3n) is 2.66. The molecule has 0 radical (unpaired) electrons. The second kappa shape index (κ2) is 5.42. The maximum atomic E-state index is 13.1. The number of rotatable bonds is 4. The number of sulfone groups is 1. The van der Waals surface area contributed by atoms with E-state index in [0.29, 0.717) is 11.3 Å². The van der Waals surface area contributed by atoms with Crippen LogP contribution in [0.25, 0.3) is 0 Å². The van der Waals surface area contributed by atoms with Crippen LogP contribution in [-0.2, 0) is 28.4 Å². The van der Waals surface area contributed by atoms with Crippen LogP contribution in [0.3, 0.4) is 0 Å². The van der Waals surface area contributed by atoms with E-state index in [2.05, 4.69) is 21.0 Å². The molecule has 1 heterocycles. The van der Waals surface area contributed by atoms with Crippen molar-refractivity contribution >= 4 is 25.8 Å². The SMILES string of the molecule is Cn1nccc1CS(=O)(=O)Cc1ccc(F)c(Br)c1. The monoisotopic (exact) mass is 346 g/mol. The summed E-state index contributed by atoms with van der Waals surface area (Å²) < 4.78 is 39.0. The first-order valence-corrected chi connectivity index (χ1v) is 8.10. The molecule has 0 N–H and O–H groups in total. The summed E-state index contributed by atoms with van der Waals surface area (Å²) in [6, 6.07) is 5.87. The van der Waals surface area contributed by atoms with E-state index in [0.717, 1.165) is 0 Å². The van der Waals surface area contributed by atoms with Crippen LogP contribution in [0.1, 0.15) is 11.3 Å². The van der Waals surface area contributed by atoms with Crippen molar-refractivity contribution < 1.29 is 12.8 Å². The molecule has 0 amide bonds. The quantitative estimate of drug-likeness (QED) is 0.854. The van der Waals surface area contributed by atoms with Crippen molar-refractivity contribution in [1.29, 1.82) is 0 Å². The zero-order valence-corrected chi connectivity index (χ0v) is 12.6. The van der Waals surface area contributed by atoms with Gasteiger partial charge in [-0.2, -0.15) is 5.10 Å². The molecular weight excluding hydrogens is 335 g/mol. The van der Waals surface area contributed by atoms with E-state index in [9.17, 15) is 12.8 Å². The zero-order chi connectivity index (χ0) is 14.0. The highest BCUT2D eigenvalue weighted by atomic mass is 79.9. The lowest BCUT2D eigenvalue weighted by Crippen LogP contribution is -2.11. The standard InChI is InChI=1S/C12H12BrFN2O2S/c1-16-10(4-5-15-16)8-19(17,18)7-9-2-3-12(14)11(13)6-9/h2-6H,7-8H2,1H3. The molecule has 19 heavy (non-hydrogen) atoms. The minimum atomic E-state index is -3.31. The Morgan fingerprint density at radius 1 is 1.32 bits per heavy atom. The van der Waals surface area contributed by atoms with E-state index in [1.54, 1.807) is 19.3 Å². The molecule has 1 aromatic carbocycles. The summed E-state index contributed by atoms with van der Waals surface area (Å²) in [5.74, 6) is -0.622.